The number of carbonyl (C=O) groups excluding carboxylic acids is 2. The van der Waals surface area contributed by atoms with Gasteiger partial charge in [0.15, 0.2) is 6.10 Å². The molecule has 2 unspecified atom stereocenters. The fourth-order valence-electron chi connectivity index (χ4n) is 10.1. The number of hydrogen-bond donors (Lipinski definition) is 0. The molecule has 10 heteroatoms. The molecule has 0 saturated heterocycles. The van der Waals surface area contributed by atoms with Crippen LogP contribution in [0.5, 0.6) is 0 Å². The average molecular weight is 1070 g/mol. The van der Waals surface area contributed by atoms with Crippen molar-refractivity contribution in [1.82, 2.24) is 0 Å². The van der Waals surface area contributed by atoms with E-state index in [-0.39, 0.29) is 32.0 Å². The van der Waals surface area contributed by atoms with E-state index < -0.39 is 26.5 Å². The van der Waals surface area contributed by atoms with Crippen LogP contribution in [0.3, 0.4) is 0 Å². The lowest BCUT2D eigenvalue weighted by molar-refractivity contribution is -0.870. The van der Waals surface area contributed by atoms with Crippen LogP contribution in [-0.2, 0) is 32.7 Å². The Balaban J connectivity index is 3.98. The molecule has 0 saturated carbocycles. The van der Waals surface area contributed by atoms with Gasteiger partial charge in [-0.2, -0.15) is 0 Å². The molecule has 0 spiro atoms. The molecule has 74 heavy (non-hydrogen) atoms. The van der Waals surface area contributed by atoms with Crippen molar-refractivity contribution in [3.05, 3.63) is 0 Å². The summed E-state index contributed by atoms with van der Waals surface area (Å²) in [5.41, 5.74) is 0. The molecule has 0 aromatic heterocycles. The first kappa shape index (κ1) is 73.0. The minimum Gasteiger partial charge on any atom is -0.756 e. The van der Waals surface area contributed by atoms with Crippen molar-refractivity contribution in [2.75, 3.05) is 47.5 Å². The van der Waals surface area contributed by atoms with Gasteiger partial charge >= 0.3 is 11.9 Å². The van der Waals surface area contributed by atoms with Crippen molar-refractivity contribution in [2.24, 2.45) is 0 Å². The Bertz CT molecular complexity index is 1210. The van der Waals surface area contributed by atoms with Gasteiger partial charge in [0.25, 0.3) is 7.82 Å². The van der Waals surface area contributed by atoms with Crippen molar-refractivity contribution >= 4 is 19.8 Å². The Hall–Kier alpha value is -0.990. The van der Waals surface area contributed by atoms with E-state index >= 15 is 0 Å². The largest absolute Gasteiger partial charge is 0.756 e. The summed E-state index contributed by atoms with van der Waals surface area (Å²) in [6.45, 7) is 4.33. The summed E-state index contributed by atoms with van der Waals surface area (Å²) in [4.78, 5) is 37.9. The number of likely N-dealkylation sites (N-methyl/N-ethyl adjacent to an activating group) is 1. The van der Waals surface area contributed by atoms with Crippen LogP contribution in [0.4, 0.5) is 0 Å². The summed E-state index contributed by atoms with van der Waals surface area (Å²) < 4.78 is 34.3. The Labute approximate surface area is 461 Å². The van der Waals surface area contributed by atoms with E-state index in [9.17, 15) is 19.0 Å². The number of hydrogen-bond acceptors (Lipinski definition) is 8. The maximum atomic E-state index is 12.8. The highest BCUT2D eigenvalue weighted by Crippen LogP contribution is 2.38. The minimum atomic E-state index is -4.63. The molecule has 0 aliphatic carbocycles. The lowest BCUT2D eigenvalue weighted by Crippen LogP contribution is -2.37. The Kier molecular flexibility index (Phi) is 56.0. The van der Waals surface area contributed by atoms with Gasteiger partial charge in [0, 0.05) is 12.8 Å². The molecule has 442 valence electrons. The number of carbonyl (C=O) groups is 2. The molecule has 0 heterocycles. The van der Waals surface area contributed by atoms with Crippen LogP contribution in [0, 0.1) is 0 Å². The SMILES string of the molecule is CCCCCCCCCCCCCCCCCCCCCCCCCCCCCCCCCC(=O)OC(COC(=O)CCCCCCCCCCCCCCCCCCCCC)COP(=O)([O-])OCC[N+](C)(C)C. The molecule has 0 aliphatic rings. The van der Waals surface area contributed by atoms with E-state index in [1.807, 2.05) is 21.1 Å². The van der Waals surface area contributed by atoms with E-state index in [2.05, 4.69) is 13.8 Å². The quantitative estimate of drug-likeness (QED) is 0.0256. The molecule has 0 aromatic carbocycles. The minimum absolute atomic E-state index is 0.0249. The fraction of sp³-hybridized carbons (Fsp3) is 0.969. The van der Waals surface area contributed by atoms with Gasteiger partial charge in [0.05, 0.1) is 27.7 Å². The van der Waals surface area contributed by atoms with E-state index in [4.69, 9.17) is 18.5 Å². The van der Waals surface area contributed by atoms with Crippen molar-refractivity contribution in [2.45, 2.75) is 354 Å². The normalized spacial score (nSPS) is 13.1. The number of phosphoric acid groups is 1. The zero-order chi connectivity index (χ0) is 54.2. The topological polar surface area (TPSA) is 111 Å². The molecule has 2 atom stereocenters. The maximum absolute atomic E-state index is 12.8. The van der Waals surface area contributed by atoms with Crippen molar-refractivity contribution in [3.63, 3.8) is 0 Å². The lowest BCUT2D eigenvalue weighted by atomic mass is 10.0. The van der Waals surface area contributed by atoms with Gasteiger partial charge in [-0.1, -0.05) is 322 Å². The van der Waals surface area contributed by atoms with Crippen LogP contribution < -0.4 is 4.89 Å². The Morgan fingerprint density at radius 2 is 0.608 bits per heavy atom. The van der Waals surface area contributed by atoms with Crippen LogP contribution in [-0.4, -0.2) is 70.0 Å². The van der Waals surface area contributed by atoms with Crippen LogP contribution in [0.2, 0.25) is 0 Å². The Morgan fingerprint density at radius 1 is 0.365 bits per heavy atom. The van der Waals surface area contributed by atoms with E-state index in [1.54, 1.807) is 0 Å². The third kappa shape index (κ3) is 60.2. The summed E-state index contributed by atoms with van der Waals surface area (Å²) in [7, 11) is 1.19. The molecular weight excluding hydrogens is 942 g/mol. The summed E-state index contributed by atoms with van der Waals surface area (Å²) in [5.74, 6) is -0.806. The molecule has 0 N–H and O–H groups in total. The smallest absolute Gasteiger partial charge is 0.306 e. The van der Waals surface area contributed by atoms with Gasteiger partial charge in [-0.25, -0.2) is 0 Å². The van der Waals surface area contributed by atoms with Crippen LogP contribution in [0.25, 0.3) is 0 Å². The first-order chi connectivity index (χ1) is 36.0. The third-order valence-electron chi connectivity index (χ3n) is 15.1. The second-order valence-electron chi connectivity index (χ2n) is 23.9. The highest BCUT2D eigenvalue weighted by molar-refractivity contribution is 7.45. The zero-order valence-electron chi connectivity index (χ0n) is 50.3. The summed E-state index contributed by atoms with van der Waals surface area (Å²) in [5, 5.41) is 0. The first-order valence-corrected chi connectivity index (χ1v) is 34.2. The van der Waals surface area contributed by atoms with E-state index in [0.717, 1.165) is 32.1 Å². The number of quaternary nitrogens is 1. The number of ether oxygens (including phenoxy) is 2. The average Bonchev–Trinajstić information content (AvgIpc) is 3.36. The van der Waals surface area contributed by atoms with Crippen molar-refractivity contribution in [3.8, 4) is 0 Å². The second kappa shape index (κ2) is 56.7. The molecule has 0 radical (unpaired) electrons. The zero-order valence-corrected chi connectivity index (χ0v) is 51.2. The highest BCUT2D eigenvalue weighted by atomic mass is 31.2. The third-order valence-corrected chi connectivity index (χ3v) is 16.1. The number of esters is 2. The van der Waals surface area contributed by atoms with Gasteiger partial charge in [-0.3, -0.25) is 14.2 Å². The number of nitrogens with zero attached hydrogens (tertiary/aromatic N) is 1. The number of phosphoric ester groups is 1. The molecule has 0 rings (SSSR count). The predicted octanol–water partition coefficient (Wildman–Crippen LogP) is 20.0. The van der Waals surface area contributed by atoms with Crippen LogP contribution in [0.15, 0.2) is 0 Å². The number of unbranched alkanes of at least 4 members (excludes halogenated alkanes) is 48. The predicted molar refractivity (Wildman–Crippen MR) is 315 cm³/mol. The second-order valence-corrected chi connectivity index (χ2v) is 25.3. The summed E-state index contributed by atoms with van der Waals surface area (Å²) in [6, 6.07) is 0. The molecule has 9 nitrogen and oxygen atoms in total. The lowest BCUT2D eigenvalue weighted by Gasteiger charge is -2.28. The first-order valence-electron chi connectivity index (χ1n) is 32.7. The van der Waals surface area contributed by atoms with E-state index in [1.165, 1.54) is 283 Å². The molecule has 0 fully saturated rings. The monoisotopic (exact) mass is 1070 g/mol. The molecular formula is C64H128NO8P. The Morgan fingerprint density at radius 3 is 0.865 bits per heavy atom. The van der Waals surface area contributed by atoms with Gasteiger partial charge < -0.3 is 27.9 Å². The van der Waals surface area contributed by atoms with Crippen LogP contribution in [0.1, 0.15) is 348 Å². The van der Waals surface area contributed by atoms with Gasteiger partial charge in [0.2, 0.25) is 0 Å². The van der Waals surface area contributed by atoms with Gasteiger partial charge in [0.1, 0.15) is 19.8 Å². The number of rotatable bonds is 62. The standard InChI is InChI=1S/C64H128NO8P/c1-6-8-10-12-14-16-18-20-22-24-26-27-28-29-30-31-32-33-34-35-36-37-39-41-43-45-47-49-51-53-55-57-64(67)73-62(61-72-74(68,69)71-59-58-65(3,4)5)60-70-63(66)56-54-52-50-48-46-44-42-40-38-25-23-21-19-17-15-13-11-9-7-2/h62H,6-61H2,1-5H3. The molecule has 0 aliphatic heterocycles. The van der Waals surface area contributed by atoms with Gasteiger partial charge in [-0.05, 0) is 12.8 Å². The molecule has 0 bridgehead atoms. The van der Waals surface area contributed by atoms with Gasteiger partial charge in [-0.15, -0.1) is 0 Å². The maximum Gasteiger partial charge on any atom is 0.306 e. The summed E-state index contributed by atoms with van der Waals surface area (Å²) in [6.07, 6.45) is 66.1. The summed E-state index contributed by atoms with van der Waals surface area (Å²) >= 11 is 0. The molecule has 0 aromatic rings. The van der Waals surface area contributed by atoms with Crippen LogP contribution >= 0.6 is 7.82 Å². The van der Waals surface area contributed by atoms with Crippen molar-refractivity contribution in [1.29, 1.82) is 0 Å². The van der Waals surface area contributed by atoms with Crippen molar-refractivity contribution < 1.29 is 42.1 Å². The molecule has 0 amide bonds. The van der Waals surface area contributed by atoms with E-state index in [0.29, 0.717) is 17.4 Å². The fourth-order valence-corrected chi connectivity index (χ4v) is 10.8. The highest BCUT2D eigenvalue weighted by Gasteiger charge is 2.22.